The van der Waals surface area contributed by atoms with Crippen molar-refractivity contribution in [1.29, 1.82) is 5.26 Å². The molecule has 0 aromatic heterocycles. The Hall–Kier alpha value is -0.590. The molecule has 1 unspecified atom stereocenters. The summed E-state index contributed by atoms with van der Waals surface area (Å²) in [5.74, 6) is 0. The van der Waals surface area contributed by atoms with Crippen molar-refractivity contribution in [3.63, 3.8) is 0 Å². The molecule has 17 heavy (non-hydrogen) atoms. The summed E-state index contributed by atoms with van der Waals surface area (Å²) in [5.41, 5.74) is 0.480. The van der Waals surface area contributed by atoms with E-state index in [0.717, 1.165) is 32.6 Å². The maximum Gasteiger partial charge on any atom is 0.108 e. The lowest BCUT2D eigenvalue weighted by Gasteiger charge is -2.25. The number of hydrogen-bond donors (Lipinski definition) is 1. The van der Waals surface area contributed by atoms with Crippen LogP contribution in [0.2, 0.25) is 0 Å². The third kappa shape index (κ3) is 5.52. The Labute approximate surface area is 106 Å². The first-order valence-corrected chi connectivity index (χ1v) is 6.93. The Morgan fingerprint density at radius 3 is 2.76 bits per heavy atom. The molecule has 0 radical (unpaired) electrons. The standard InChI is InChI=1S/C14H27N3/c1-4-8-16-13(11-15)12-17-9-5-6-14(2,3)7-10-17/h13,16H,4-10,12H2,1-3H3. The zero-order valence-electron chi connectivity index (χ0n) is 11.6. The van der Waals surface area contributed by atoms with Crippen molar-refractivity contribution in [3.05, 3.63) is 0 Å². The maximum absolute atomic E-state index is 9.12. The molecule has 0 bridgehead atoms. The summed E-state index contributed by atoms with van der Waals surface area (Å²) in [6, 6.07) is 2.37. The Bertz CT molecular complexity index is 255. The molecule has 1 atom stereocenters. The Morgan fingerprint density at radius 1 is 1.35 bits per heavy atom. The summed E-state index contributed by atoms with van der Waals surface area (Å²) in [6.45, 7) is 11.0. The number of nitrogens with one attached hydrogen (secondary N) is 1. The summed E-state index contributed by atoms with van der Waals surface area (Å²) in [7, 11) is 0. The highest BCUT2D eigenvalue weighted by Crippen LogP contribution is 2.29. The van der Waals surface area contributed by atoms with Crippen LogP contribution in [0.1, 0.15) is 46.5 Å². The van der Waals surface area contributed by atoms with E-state index in [0.29, 0.717) is 5.41 Å². The summed E-state index contributed by atoms with van der Waals surface area (Å²) in [4.78, 5) is 2.45. The Kier molecular flexibility index (Phi) is 5.94. The predicted molar refractivity (Wildman–Crippen MR) is 71.8 cm³/mol. The second-order valence-corrected chi connectivity index (χ2v) is 5.95. The number of rotatable bonds is 5. The molecule has 1 aliphatic heterocycles. The van der Waals surface area contributed by atoms with Gasteiger partial charge < -0.3 is 10.2 Å². The van der Waals surface area contributed by atoms with Gasteiger partial charge in [0.1, 0.15) is 6.04 Å². The molecule has 98 valence electrons. The lowest BCUT2D eigenvalue weighted by atomic mass is 9.85. The summed E-state index contributed by atoms with van der Waals surface area (Å²) >= 11 is 0. The zero-order chi connectivity index (χ0) is 12.7. The number of likely N-dealkylation sites (tertiary alicyclic amines) is 1. The predicted octanol–water partition coefficient (Wildman–Crippen LogP) is 2.39. The second-order valence-electron chi connectivity index (χ2n) is 5.95. The van der Waals surface area contributed by atoms with E-state index in [9.17, 15) is 0 Å². The van der Waals surface area contributed by atoms with E-state index >= 15 is 0 Å². The van der Waals surface area contributed by atoms with Crippen molar-refractivity contribution < 1.29 is 0 Å². The van der Waals surface area contributed by atoms with E-state index in [2.05, 4.69) is 37.1 Å². The minimum absolute atomic E-state index is 0.00355. The first-order valence-electron chi connectivity index (χ1n) is 6.93. The van der Waals surface area contributed by atoms with Gasteiger partial charge in [-0.1, -0.05) is 20.8 Å². The topological polar surface area (TPSA) is 39.1 Å². The lowest BCUT2D eigenvalue weighted by molar-refractivity contribution is 0.250. The SMILES string of the molecule is CCCNC(C#N)CN1CCCC(C)(C)CC1. The fourth-order valence-electron chi connectivity index (χ4n) is 2.39. The van der Waals surface area contributed by atoms with E-state index in [4.69, 9.17) is 5.26 Å². The van der Waals surface area contributed by atoms with Gasteiger partial charge in [0.15, 0.2) is 0 Å². The number of hydrogen-bond acceptors (Lipinski definition) is 3. The van der Waals surface area contributed by atoms with E-state index < -0.39 is 0 Å². The molecular weight excluding hydrogens is 210 g/mol. The van der Waals surface area contributed by atoms with Gasteiger partial charge in [0.25, 0.3) is 0 Å². The van der Waals surface area contributed by atoms with Gasteiger partial charge in [-0.2, -0.15) is 5.26 Å². The van der Waals surface area contributed by atoms with Gasteiger partial charge in [-0.3, -0.25) is 0 Å². The summed E-state index contributed by atoms with van der Waals surface area (Å²) in [5, 5.41) is 12.4. The Balaban J connectivity index is 2.37. The van der Waals surface area contributed by atoms with Crippen molar-refractivity contribution >= 4 is 0 Å². The zero-order valence-corrected chi connectivity index (χ0v) is 11.6. The van der Waals surface area contributed by atoms with Crippen molar-refractivity contribution in [2.75, 3.05) is 26.2 Å². The molecule has 0 aromatic rings. The summed E-state index contributed by atoms with van der Waals surface area (Å²) < 4.78 is 0. The molecule has 0 saturated carbocycles. The molecular formula is C14H27N3. The number of nitriles is 1. The molecule has 1 rings (SSSR count). The molecule has 3 heteroatoms. The molecule has 0 spiro atoms. The van der Waals surface area contributed by atoms with Gasteiger partial charge in [0.2, 0.25) is 0 Å². The van der Waals surface area contributed by atoms with Crippen molar-refractivity contribution in [3.8, 4) is 6.07 Å². The van der Waals surface area contributed by atoms with Crippen molar-refractivity contribution in [2.24, 2.45) is 5.41 Å². The Morgan fingerprint density at radius 2 is 2.12 bits per heavy atom. The van der Waals surface area contributed by atoms with Gasteiger partial charge in [-0.15, -0.1) is 0 Å². The minimum atomic E-state index is -0.00355. The number of nitrogens with zero attached hydrogens (tertiary/aromatic N) is 2. The average molecular weight is 237 g/mol. The maximum atomic E-state index is 9.12. The molecule has 1 N–H and O–H groups in total. The molecule has 1 heterocycles. The van der Waals surface area contributed by atoms with E-state index in [1.165, 1.54) is 19.3 Å². The lowest BCUT2D eigenvalue weighted by Crippen LogP contribution is -2.41. The first kappa shape index (κ1) is 14.5. The first-order chi connectivity index (χ1) is 8.07. The van der Waals surface area contributed by atoms with Crippen LogP contribution in [0.15, 0.2) is 0 Å². The average Bonchev–Trinajstić information content (AvgIpc) is 2.46. The van der Waals surface area contributed by atoms with Crippen LogP contribution in [-0.4, -0.2) is 37.1 Å². The van der Waals surface area contributed by atoms with Crippen LogP contribution in [0, 0.1) is 16.7 Å². The molecule has 0 aliphatic carbocycles. The minimum Gasteiger partial charge on any atom is -0.301 e. The highest BCUT2D eigenvalue weighted by Gasteiger charge is 2.24. The monoisotopic (exact) mass is 237 g/mol. The molecule has 1 aliphatic rings. The van der Waals surface area contributed by atoms with Gasteiger partial charge in [-0.25, -0.2) is 0 Å². The van der Waals surface area contributed by atoms with Crippen LogP contribution in [0.4, 0.5) is 0 Å². The molecule has 1 fully saturated rings. The highest BCUT2D eigenvalue weighted by atomic mass is 15.1. The summed E-state index contributed by atoms with van der Waals surface area (Å²) in [6.07, 6.45) is 4.91. The van der Waals surface area contributed by atoms with Crippen molar-refractivity contribution in [1.82, 2.24) is 10.2 Å². The van der Waals surface area contributed by atoms with Crippen LogP contribution in [-0.2, 0) is 0 Å². The van der Waals surface area contributed by atoms with Gasteiger partial charge >= 0.3 is 0 Å². The highest BCUT2D eigenvalue weighted by molar-refractivity contribution is 4.92. The third-order valence-electron chi connectivity index (χ3n) is 3.67. The van der Waals surface area contributed by atoms with E-state index in [1.54, 1.807) is 0 Å². The molecule has 0 aromatic carbocycles. The van der Waals surface area contributed by atoms with Gasteiger partial charge in [-0.05, 0) is 50.7 Å². The van der Waals surface area contributed by atoms with Crippen LogP contribution in [0.25, 0.3) is 0 Å². The second kappa shape index (κ2) is 6.98. The molecule has 1 saturated heterocycles. The normalized spacial score (nSPS) is 22.7. The third-order valence-corrected chi connectivity index (χ3v) is 3.67. The van der Waals surface area contributed by atoms with E-state index in [1.807, 2.05) is 0 Å². The van der Waals surface area contributed by atoms with E-state index in [-0.39, 0.29) is 6.04 Å². The quantitative estimate of drug-likeness (QED) is 0.798. The smallest absolute Gasteiger partial charge is 0.108 e. The van der Waals surface area contributed by atoms with Crippen LogP contribution >= 0.6 is 0 Å². The molecule has 3 nitrogen and oxygen atoms in total. The van der Waals surface area contributed by atoms with Gasteiger partial charge in [0.05, 0.1) is 6.07 Å². The van der Waals surface area contributed by atoms with Crippen molar-refractivity contribution in [2.45, 2.75) is 52.5 Å². The fourth-order valence-corrected chi connectivity index (χ4v) is 2.39. The van der Waals surface area contributed by atoms with Gasteiger partial charge in [0, 0.05) is 6.54 Å². The van der Waals surface area contributed by atoms with Crippen LogP contribution in [0.5, 0.6) is 0 Å². The van der Waals surface area contributed by atoms with Crippen LogP contribution < -0.4 is 5.32 Å². The van der Waals surface area contributed by atoms with Crippen LogP contribution in [0.3, 0.4) is 0 Å². The fraction of sp³-hybridized carbons (Fsp3) is 0.929. The molecule has 0 amide bonds. The largest absolute Gasteiger partial charge is 0.301 e.